The number of carbonyl (C=O) groups is 4. The second-order valence-electron chi connectivity index (χ2n) is 10.8. The average molecular weight is 573 g/mol. The summed E-state index contributed by atoms with van der Waals surface area (Å²) in [6.07, 6.45) is 0.331. The molecule has 0 saturated carbocycles. The van der Waals surface area contributed by atoms with Crippen LogP contribution in [0, 0.1) is 11.8 Å². The molecule has 1 fully saturated rings. The number of Topliss-reactive ketones (excluding diaryl/α,β-unsaturated/α-hetero) is 1. The molecule has 0 spiro atoms. The standard InChI is InChI=1S/C32H36N4O6/c1-19-16-26(38)23(17-21-10-5-3-6-11-21)34-30(40)20(2)29(39)24(18-22-12-7-4-8-13-22)35-31(41)27(19)36-32(42)28-25(37)14-9-15-33-28/h3-15,19-20,23-24,27,29,37,39H,16-18H2,1-2H3,(H,34,40)(H,35,41)(H,36,42)/t19-,20+,23?,24-,27-,29-/m0/s1. The van der Waals surface area contributed by atoms with Crippen LogP contribution in [-0.2, 0) is 27.2 Å². The maximum atomic E-state index is 13.8. The van der Waals surface area contributed by atoms with Gasteiger partial charge in [0.2, 0.25) is 11.8 Å². The zero-order valence-electron chi connectivity index (χ0n) is 23.6. The van der Waals surface area contributed by atoms with Crippen LogP contribution >= 0.6 is 0 Å². The number of nitrogens with one attached hydrogen (secondary N) is 3. The van der Waals surface area contributed by atoms with Crippen molar-refractivity contribution in [3.63, 3.8) is 0 Å². The summed E-state index contributed by atoms with van der Waals surface area (Å²) >= 11 is 0. The van der Waals surface area contributed by atoms with Crippen LogP contribution in [0.25, 0.3) is 0 Å². The Balaban J connectivity index is 1.69. The third-order valence-electron chi connectivity index (χ3n) is 7.61. The second kappa shape index (κ2) is 13.9. The van der Waals surface area contributed by atoms with Gasteiger partial charge in [0.25, 0.3) is 5.91 Å². The number of rotatable bonds is 6. The Morgan fingerprint density at radius 3 is 2.12 bits per heavy atom. The highest BCUT2D eigenvalue weighted by Gasteiger charge is 2.38. The van der Waals surface area contributed by atoms with Crippen molar-refractivity contribution in [3.8, 4) is 5.75 Å². The lowest BCUT2D eigenvalue weighted by Crippen LogP contribution is -2.59. The maximum absolute atomic E-state index is 13.8. The van der Waals surface area contributed by atoms with E-state index in [1.165, 1.54) is 18.3 Å². The first-order valence-corrected chi connectivity index (χ1v) is 14.0. The fourth-order valence-electron chi connectivity index (χ4n) is 5.12. The number of hydrogen-bond acceptors (Lipinski definition) is 7. The van der Waals surface area contributed by atoms with Crippen molar-refractivity contribution in [1.82, 2.24) is 20.9 Å². The van der Waals surface area contributed by atoms with Crippen LogP contribution in [-0.4, -0.2) is 62.9 Å². The Hall–Kier alpha value is -4.57. The summed E-state index contributed by atoms with van der Waals surface area (Å²) in [7, 11) is 0. The zero-order valence-corrected chi connectivity index (χ0v) is 23.6. The van der Waals surface area contributed by atoms with Crippen LogP contribution < -0.4 is 16.0 Å². The fraction of sp³-hybridized carbons (Fsp3) is 0.344. The first kappa shape index (κ1) is 30.4. The number of carbonyl (C=O) groups excluding carboxylic acids is 4. The highest BCUT2D eigenvalue weighted by atomic mass is 16.3. The third kappa shape index (κ3) is 7.58. The van der Waals surface area contributed by atoms with Crippen molar-refractivity contribution >= 4 is 23.5 Å². The minimum atomic E-state index is -1.31. The van der Waals surface area contributed by atoms with Gasteiger partial charge in [0.05, 0.1) is 24.1 Å². The Morgan fingerprint density at radius 2 is 1.50 bits per heavy atom. The van der Waals surface area contributed by atoms with Gasteiger partial charge in [-0.15, -0.1) is 0 Å². The monoisotopic (exact) mass is 572 g/mol. The van der Waals surface area contributed by atoms with Crippen molar-refractivity contribution in [2.75, 3.05) is 0 Å². The number of amides is 3. The highest BCUT2D eigenvalue weighted by molar-refractivity contribution is 5.98. The number of aromatic nitrogens is 1. The molecule has 2 aromatic carbocycles. The quantitative estimate of drug-likeness (QED) is 0.302. The van der Waals surface area contributed by atoms with Crippen LogP contribution in [0.2, 0.25) is 0 Å². The van der Waals surface area contributed by atoms with Gasteiger partial charge in [-0.25, -0.2) is 4.98 Å². The third-order valence-corrected chi connectivity index (χ3v) is 7.61. The molecule has 42 heavy (non-hydrogen) atoms. The molecule has 3 amide bonds. The molecule has 10 nitrogen and oxygen atoms in total. The molecule has 1 saturated heterocycles. The van der Waals surface area contributed by atoms with E-state index in [4.69, 9.17) is 0 Å². The highest BCUT2D eigenvalue weighted by Crippen LogP contribution is 2.20. The smallest absolute Gasteiger partial charge is 0.274 e. The van der Waals surface area contributed by atoms with Crippen molar-refractivity contribution < 1.29 is 29.4 Å². The SMILES string of the molecule is C[C@H]1CC(=O)C(Cc2ccccc2)NC(=O)[C@H](C)[C@H](O)[C@H](Cc2ccccc2)NC(=O)[C@H]1NC(=O)c1ncccc1O. The van der Waals surface area contributed by atoms with Gasteiger partial charge in [0, 0.05) is 12.6 Å². The summed E-state index contributed by atoms with van der Waals surface area (Å²) < 4.78 is 0. The first-order valence-electron chi connectivity index (χ1n) is 14.0. The molecule has 3 aromatic rings. The zero-order chi connectivity index (χ0) is 30.2. The Labute approximate surface area is 244 Å². The van der Waals surface area contributed by atoms with Gasteiger partial charge in [-0.05, 0) is 42.0 Å². The van der Waals surface area contributed by atoms with E-state index in [-0.39, 0.29) is 36.5 Å². The van der Waals surface area contributed by atoms with Crippen molar-refractivity contribution in [2.24, 2.45) is 11.8 Å². The van der Waals surface area contributed by atoms with Gasteiger partial charge in [-0.1, -0.05) is 74.5 Å². The number of pyridine rings is 1. The fourth-order valence-corrected chi connectivity index (χ4v) is 5.12. The maximum Gasteiger partial charge on any atom is 0.274 e. The minimum Gasteiger partial charge on any atom is -0.505 e. The lowest BCUT2D eigenvalue weighted by Gasteiger charge is -2.33. The molecular weight excluding hydrogens is 536 g/mol. The lowest BCUT2D eigenvalue weighted by molar-refractivity contribution is -0.135. The minimum absolute atomic E-state index is 0.134. The van der Waals surface area contributed by atoms with Gasteiger partial charge in [0.15, 0.2) is 11.5 Å². The molecule has 6 atom stereocenters. The summed E-state index contributed by atoms with van der Waals surface area (Å²) in [4.78, 5) is 57.7. The van der Waals surface area contributed by atoms with E-state index in [2.05, 4.69) is 20.9 Å². The summed E-state index contributed by atoms with van der Waals surface area (Å²) in [5, 5.41) is 29.8. The van der Waals surface area contributed by atoms with E-state index in [1.54, 1.807) is 13.8 Å². The molecule has 10 heteroatoms. The Kier molecular flexibility index (Phi) is 10.0. The number of aliphatic hydroxyl groups is 1. The van der Waals surface area contributed by atoms with E-state index in [1.807, 2.05) is 60.7 Å². The molecule has 0 aliphatic carbocycles. The average Bonchev–Trinajstić information content (AvgIpc) is 2.99. The number of hydrogen-bond donors (Lipinski definition) is 5. The molecular formula is C32H36N4O6. The molecule has 0 bridgehead atoms. The van der Waals surface area contributed by atoms with Crippen LogP contribution in [0.3, 0.4) is 0 Å². The van der Waals surface area contributed by atoms with E-state index in [9.17, 15) is 29.4 Å². The topological polar surface area (TPSA) is 158 Å². The van der Waals surface area contributed by atoms with Crippen LogP contribution in [0.1, 0.15) is 41.9 Å². The molecule has 4 rings (SSSR count). The molecule has 5 N–H and O–H groups in total. The Bertz CT molecular complexity index is 1400. The summed E-state index contributed by atoms with van der Waals surface area (Å²) in [6, 6.07) is 18.2. The van der Waals surface area contributed by atoms with Gasteiger partial charge in [0.1, 0.15) is 11.8 Å². The summed E-state index contributed by atoms with van der Waals surface area (Å²) in [5.41, 5.74) is 1.39. The predicted octanol–water partition coefficient (Wildman–Crippen LogP) is 1.95. The van der Waals surface area contributed by atoms with Crippen LogP contribution in [0.15, 0.2) is 79.0 Å². The molecule has 1 aliphatic heterocycles. The number of benzene rings is 2. The molecule has 0 radical (unpaired) electrons. The van der Waals surface area contributed by atoms with Crippen LogP contribution in [0.4, 0.5) is 0 Å². The van der Waals surface area contributed by atoms with E-state index < -0.39 is 53.8 Å². The summed E-state index contributed by atoms with van der Waals surface area (Å²) in [6.45, 7) is 3.20. The molecule has 1 unspecified atom stereocenters. The van der Waals surface area contributed by atoms with E-state index in [0.29, 0.717) is 0 Å². The molecule has 2 heterocycles. The lowest BCUT2D eigenvalue weighted by atomic mass is 9.87. The van der Waals surface area contributed by atoms with Gasteiger partial charge >= 0.3 is 0 Å². The van der Waals surface area contributed by atoms with Crippen LogP contribution in [0.5, 0.6) is 5.75 Å². The Morgan fingerprint density at radius 1 is 0.881 bits per heavy atom. The van der Waals surface area contributed by atoms with E-state index >= 15 is 0 Å². The largest absolute Gasteiger partial charge is 0.505 e. The normalized spacial score (nSPS) is 25.4. The van der Waals surface area contributed by atoms with Crippen molar-refractivity contribution in [3.05, 3.63) is 95.8 Å². The molecule has 1 aromatic heterocycles. The number of ketones is 1. The number of nitrogens with zero attached hydrogens (tertiary/aromatic N) is 1. The first-order chi connectivity index (χ1) is 20.1. The van der Waals surface area contributed by atoms with Crippen molar-refractivity contribution in [1.29, 1.82) is 0 Å². The van der Waals surface area contributed by atoms with Gasteiger partial charge < -0.3 is 26.2 Å². The second-order valence-corrected chi connectivity index (χ2v) is 10.8. The molecule has 1 aliphatic rings. The number of aromatic hydroxyl groups is 1. The van der Waals surface area contributed by atoms with Gasteiger partial charge in [-0.2, -0.15) is 0 Å². The number of aliphatic hydroxyl groups excluding tert-OH is 1. The van der Waals surface area contributed by atoms with Crippen molar-refractivity contribution in [2.45, 2.75) is 57.3 Å². The summed E-state index contributed by atoms with van der Waals surface area (Å²) in [5.74, 6) is -4.30. The van der Waals surface area contributed by atoms with Gasteiger partial charge in [-0.3, -0.25) is 19.2 Å². The molecule has 220 valence electrons. The van der Waals surface area contributed by atoms with E-state index in [0.717, 1.165) is 11.1 Å². The predicted molar refractivity (Wildman–Crippen MR) is 155 cm³/mol.